The van der Waals surface area contributed by atoms with Crippen molar-refractivity contribution in [3.05, 3.63) is 132 Å². The second-order valence-electron chi connectivity index (χ2n) is 9.75. The molecule has 6 nitrogen and oxygen atoms in total. The first-order valence-electron chi connectivity index (χ1n) is 13.3. The van der Waals surface area contributed by atoms with Gasteiger partial charge in [-0.2, -0.15) is 0 Å². The Labute approximate surface area is 243 Å². The number of fused-ring (bicyclic) bond motifs is 2. The third-order valence-electron chi connectivity index (χ3n) is 6.58. The smallest absolute Gasteiger partial charge is 0.159 e. The van der Waals surface area contributed by atoms with E-state index >= 15 is 0 Å². The summed E-state index contributed by atoms with van der Waals surface area (Å²) >= 11 is 0. The Kier molecular flexibility index (Phi) is 8.16. The molecule has 0 aliphatic heterocycles. The Bertz CT molecular complexity index is 1750. The summed E-state index contributed by atoms with van der Waals surface area (Å²) in [4.78, 5) is 22.8. The molecule has 0 amide bonds. The van der Waals surface area contributed by atoms with Gasteiger partial charge in [-0.15, -0.1) is 0 Å². The summed E-state index contributed by atoms with van der Waals surface area (Å²) in [6.45, 7) is 3.08. The summed E-state index contributed by atoms with van der Waals surface area (Å²) in [7, 11) is 0. The number of ketones is 2. The van der Waals surface area contributed by atoms with Gasteiger partial charge in [-0.3, -0.25) is 9.59 Å². The van der Waals surface area contributed by atoms with Crippen molar-refractivity contribution in [3.8, 4) is 34.5 Å². The number of aromatic hydroxyl groups is 2. The second-order valence-corrected chi connectivity index (χ2v) is 9.75. The monoisotopic (exact) mass is 556 g/mol. The third-order valence-corrected chi connectivity index (χ3v) is 6.58. The van der Waals surface area contributed by atoms with Crippen LogP contribution in [0.15, 0.2) is 121 Å². The Morgan fingerprint density at radius 1 is 0.429 bits per heavy atom. The van der Waals surface area contributed by atoms with Crippen molar-refractivity contribution in [1.82, 2.24) is 0 Å². The maximum absolute atomic E-state index is 11.4. The van der Waals surface area contributed by atoms with Crippen LogP contribution in [-0.4, -0.2) is 21.8 Å². The molecule has 0 aliphatic rings. The van der Waals surface area contributed by atoms with Crippen LogP contribution in [-0.2, 0) is 0 Å². The van der Waals surface area contributed by atoms with Gasteiger partial charge in [-0.1, -0.05) is 24.3 Å². The maximum Gasteiger partial charge on any atom is 0.159 e. The van der Waals surface area contributed by atoms with Crippen LogP contribution in [0.25, 0.3) is 21.5 Å². The van der Waals surface area contributed by atoms with Gasteiger partial charge >= 0.3 is 0 Å². The Morgan fingerprint density at radius 3 is 1.10 bits per heavy atom. The average Bonchev–Trinajstić information content (AvgIpc) is 2.98. The molecule has 0 atom stereocenters. The predicted molar refractivity (Wildman–Crippen MR) is 164 cm³/mol. The van der Waals surface area contributed by atoms with Crippen molar-refractivity contribution in [3.63, 3.8) is 0 Å². The first-order valence-corrected chi connectivity index (χ1v) is 13.3. The number of rotatable bonds is 6. The van der Waals surface area contributed by atoms with E-state index in [1.807, 2.05) is 36.4 Å². The van der Waals surface area contributed by atoms with E-state index in [1.54, 1.807) is 98.8 Å². The number of ether oxygens (including phenoxy) is 2. The van der Waals surface area contributed by atoms with E-state index < -0.39 is 0 Å². The quantitative estimate of drug-likeness (QED) is 0.199. The van der Waals surface area contributed by atoms with E-state index in [2.05, 4.69) is 0 Å². The highest BCUT2D eigenvalue weighted by atomic mass is 16.5. The molecule has 6 aromatic carbocycles. The summed E-state index contributed by atoms with van der Waals surface area (Å²) < 4.78 is 11.8. The molecule has 0 bridgehead atoms. The number of carbonyl (C=O) groups excluding carboxylic acids is 2. The first-order chi connectivity index (χ1) is 20.2. The van der Waals surface area contributed by atoms with Gasteiger partial charge in [0.1, 0.15) is 34.5 Å². The number of carbonyl (C=O) groups is 2. The van der Waals surface area contributed by atoms with Crippen LogP contribution < -0.4 is 9.47 Å². The van der Waals surface area contributed by atoms with E-state index in [0.717, 1.165) is 21.5 Å². The van der Waals surface area contributed by atoms with Crippen molar-refractivity contribution in [1.29, 1.82) is 0 Å². The molecule has 0 radical (unpaired) electrons. The molecule has 6 rings (SSSR count). The van der Waals surface area contributed by atoms with Crippen LogP contribution in [0.4, 0.5) is 0 Å². The highest BCUT2D eigenvalue weighted by molar-refractivity contribution is 5.94. The van der Waals surface area contributed by atoms with Crippen LogP contribution >= 0.6 is 0 Å². The number of Topliss-reactive ketones (excluding diaryl/α,β-unsaturated/α-hetero) is 2. The minimum Gasteiger partial charge on any atom is -0.508 e. The van der Waals surface area contributed by atoms with Crippen molar-refractivity contribution >= 4 is 33.1 Å². The summed E-state index contributed by atoms with van der Waals surface area (Å²) in [5.41, 5.74) is 1.31. The van der Waals surface area contributed by atoms with Gasteiger partial charge in [0, 0.05) is 11.1 Å². The van der Waals surface area contributed by atoms with Gasteiger partial charge in [0.05, 0.1) is 0 Å². The maximum atomic E-state index is 11.4. The minimum absolute atomic E-state index is 0.0278. The van der Waals surface area contributed by atoms with E-state index in [4.69, 9.17) is 19.7 Å². The van der Waals surface area contributed by atoms with Crippen LogP contribution in [0.1, 0.15) is 34.6 Å². The van der Waals surface area contributed by atoms with E-state index in [-0.39, 0.29) is 23.1 Å². The zero-order valence-electron chi connectivity index (χ0n) is 23.1. The van der Waals surface area contributed by atoms with Gasteiger partial charge in [-0.05, 0) is 132 Å². The molecular weight excluding hydrogens is 528 g/mol. The molecule has 42 heavy (non-hydrogen) atoms. The van der Waals surface area contributed by atoms with Crippen LogP contribution in [0.5, 0.6) is 34.5 Å². The highest BCUT2D eigenvalue weighted by Crippen LogP contribution is 2.30. The predicted octanol–water partition coefficient (Wildman–Crippen LogP) is 9.08. The molecule has 0 aliphatic carbocycles. The lowest BCUT2D eigenvalue weighted by molar-refractivity contribution is 0.100. The molecule has 0 fully saturated rings. The fourth-order valence-corrected chi connectivity index (χ4v) is 4.34. The van der Waals surface area contributed by atoms with Crippen molar-refractivity contribution in [2.45, 2.75) is 13.8 Å². The van der Waals surface area contributed by atoms with Gasteiger partial charge in [0.25, 0.3) is 0 Å². The van der Waals surface area contributed by atoms with Gasteiger partial charge < -0.3 is 19.7 Å². The largest absolute Gasteiger partial charge is 0.508 e. The molecule has 2 N–H and O–H groups in total. The van der Waals surface area contributed by atoms with Crippen LogP contribution in [0.3, 0.4) is 0 Å². The SMILES string of the molecule is CC(=O)c1ccc(Oc2ccc3cc(Oc4ccc(C(C)=O)cc4)ccc3c2)cc1.Oc1ccc2cc(O)ccc2c1. The molecule has 6 heteroatoms. The molecule has 0 saturated carbocycles. The Balaban J connectivity index is 0.000000244. The molecular formula is C36H28O6. The summed E-state index contributed by atoms with van der Waals surface area (Å²) in [5.74, 6) is 3.32. The number of phenols is 2. The van der Waals surface area contributed by atoms with Gasteiger partial charge in [-0.25, -0.2) is 0 Å². The number of benzene rings is 6. The lowest BCUT2D eigenvalue weighted by Crippen LogP contribution is -1.92. The topological polar surface area (TPSA) is 93.1 Å². The van der Waals surface area contributed by atoms with Crippen molar-refractivity contribution in [2.24, 2.45) is 0 Å². The average molecular weight is 557 g/mol. The standard InChI is InChI=1S/C26H20O4.C10H8O2/c1-17(27)19-3-9-23(10-4-19)29-25-13-7-22-16-26(14-8-21(22)15-25)30-24-11-5-20(6-12-24)18(2)28;11-9-3-1-7-5-10(12)4-2-8(7)6-9/h3-16H,1-2H3;1-6,11-12H. The molecule has 6 aromatic rings. The molecule has 208 valence electrons. The van der Waals surface area contributed by atoms with E-state index in [0.29, 0.717) is 34.1 Å². The zero-order chi connectivity index (χ0) is 29.6. The lowest BCUT2D eigenvalue weighted by atomic mass is 10.1. The lowest BCUT2D eigenvalue weighted by Gasteiger charge is -2.10. The highest BCUT2D eigenvalue weighted by Gasteiger charge is 2.05. The fraction of sp³-hybridized carbons (Fsp3) is 0.0556. The van der Waals surface area contributed by atoms with Gasteiger partial charge in [0.15, 0.2) is 11.6 Å². The molecule has 0 spiro atoms. The fourth-order valence-electron chi connectivity index (χ4n) is 4.34. The normalized spacial score (nSPS) is 10.5. The Hall–Kier alpha value is -5.62. The minimum atomic E-state index is 0.0278. The van der Waals surface area contributed by atoms with Crippen LogP contribution in [0.2, 0.25) is 0 Å². The van der Waals surface area contributed by atoms with E-state index in [9.17, 15) is 9.59 Å². The van der Waals surface area contributed by atoms with E-state index in [1.165, 1.54) is 0 Å². The zero-order valence-corrected chi connectivity index (χ0v) is 23.1. The van der Waals surface area contributed by atoms with Crippen LogP contribution in [0, 0.1) is 0 Å². The number of hydrogen-bond acceptors (Lipinski definition) is 6. The van der Waals surface area contributed by atoms with Gasteiger partial charge in [0.2, 0.25) is 0 Å². The number of hydrogen-bond donors (Lipinski definition) is 2. The Morgan fingerprint density at radius 2 is 0.738 bits per heavy atom. The first kappa shape index (κ1) is 27.9. The summed E-state index contributed by atoms with van der Waals surface area (Å²) in [5, 5.41) is 22.2. The van der Waals surface area contributed by atoms with Crippen molar-refractivity contribution in [2.75, 3.05) is 0 Å². The molecule has 0 saturated heterocycles. The molecule has 0 aromatic heterocycles. The summed E-state index contributed by atoms with van der Waals surface area (Å²) in [6, 6.07) is 35.9. The number of phenolic OH excluding ortho intramolecular Hbond substituents is 2. The van der Waals surface area contributed by atoms with Crippen molar-refractivity contribution < 1.29 is 29.3 Å². The molecule has 0 unspecified atom stereocenters. The summed E-state index contributed by atoms with van der Waals surface area (Å²) in [6.07, 6.45) is 0. The molecule has 0 heterocycles. The second kappa shape index (κ2) is 12.3. The third kappa shape index (κ3) is 6.92.